The molecule has 1 aliphatic carbocycles. The minimum absolute atomic E-state index is 0. The number of halogens is 1. The van der Waals surface area contributed by atoms with Gasteiger partial charge in [0.2, 0.25) is 5.91 Å². The van der Waals surface area contributed by atoms with Crippen LogP contribution < -0.4 is 10.1 Å². The highest BCUT2D eigenvalue weighted by Crippen LogP contribution is 2.46. The molecule has 1 N–H and O–H groups in total. The predicted octanol–water partition coefficient (Wildman–Crippen LogP) is 4.41. The summed E-state index contributed by atoms with van der Waals surface area (Å²) in [6.07, 6.45) is 6.63. The van der Waals surface area contributed by atoms with Crippen molar-refractivity contribution in [1.29, 1.82) is 0 Å². The molecule has 4 nitrogen and oxygen atoms in total. The normalized spacial score (nSPS) is 19.1. The second-order valence-corrected chi connectivity index (χ2v) is 8.79. The number of carbonyl (C=O) groups excluding carboxylic acids is 1. The first-order chi connectivity index (χ1) is 13.0. The van der Waals surface area contributed by atoms with Gasteiger partial charge in [-0.25, -0.2) is 0 Å². The highest BCUT2D eigenvalue weighted by Gasteiger charge is 2.48. The standard InChI is InChI=1S/C23H36N2O2.ClH/c1-18(2)17-27-21-7-5-20(6-8-21)23(12-4-13-23)22(26)25-15-10-19(11-16-25)9-14-24-3;/h5-8,18-19,24H,4,9-17H2,1-3H3;1H. The van der Waals surface area contributed by atoms with Gasteiger partial charge in [0.1, 0.15) is 5.75 Å². The van der Waals surface area contributed by atoms with Crippen LogP contribution in [-0.4, -0.2) is 44.1 Å². The van der Waals surface area contributed by atoms with Gasteiger partial charge in [0.25, 0.3) is 0 Å². The van der Waals surface area contributed by atoms with Crippen LogP contribution >= 0.6 is 12.4 Å². The molecule has 0 atom stereocenters. The number of hydrogen-bond donors (Lipinski definition) is 1. The van der Waals surface area contributed by atoms with Crippen molar-refractivity contribution in [2.24, 2.45) is 11.8 Å². The van der Waals surface area contributed by atoms with E-state index in [0.29, 0.717) is 11.8 Å². The van der Waals surface area contributed by atoms with Gasteiger partial charge >= 0.3 is 0 Å². The zero-order chi connectivity index (χ0) is 19.3. The number of nitrogens with zero attached hydrogens (tertiary/aromatic N) is 1. The Bertz CT molecular complexity index is 606. The molecule has 0 unspecified atom stereocenters. The van der Waals surface area contributed by atoms with E-state index in [-0.39, 0.29) is 17.8 Å². The van der Waals surface area contributed by atoms with Crippen molar-refractivity contribution in [3.8, 4) is 5.75 Å². The van der Waals surface area contributed by atoms with Crippen LogP contribution in [-0.2, 0) is 10.2 Å². The largest absolute Gasteiger partial charge is 0.493 e. The minimum Gasteiger partial charge on any atom is -0.493 e. The molecule has 0 spiro atoms. The lowest BCUT2D eigenvalue weighted by molar-refractivity contribution is -0.142. The molecule has 0 radical (unpaired) electrons. The maximum Gasteiger partial charge on any atom is 0.233 e. The first-order valence-corrected chi connectivity index (χ1v) is 10.7. The molecule has 2 fully saturated rings. The second-order valence-electron chi connectivity index (χ2n) is 8.79. The van der Waals surface area contributed by atoms with Crippen LogP contribution in [0.4, 0.5) is 0 Å². The van der Waals surface area contributed by atoms with Crippen LogP contribution in [0, 0.1) is 11.8 Å². The summed E-state index contributed by atoms with van der Waals surface area (Å²) in [6, 6.07) is 8.31. The number of ether oxygens (including phenoxy) is 1. The van der Waals surface area contributed by atoms with Gasteiger partial charge in [0.05, 0.1) is 12.0 Å². The molecule has 1 heterocycles. The highest BCUT2D eigenvalue weighted by molar-refractivity contribution is 5.89. The molecule has 28 heavy (non-hydrogen) atoms. The molecular weight excluding hydrogens is 372 g/mol. The summed E-state index contributed by atoms with van der Waals surface area (Å²) in [4.78, 5) is 15.5. The third-order valence-corrected chi connectivity index (χ3v) is 6.31. The number of nitrogens with one attached hydrogen (secondary N) is 1. The van der Waals surface area contributed by atoms with E-state index in [1.807, 2.05) is 19.2 Å². The van der Waals surface area contributed by atoms with Crippen LogP contribution in [0.15, 0.2) is 24.3 Å². The number of benzene rings is 1. The fourth-order valence-electron chi connectivity index (χ4n) is 4.37. The summed E-state index contributed by atoms with van der Waals surface area (Å²) >= 11 is 0. The summed E-state index contributed by atoms with van der Waals surface area (Å²) in [6.45, 7) is 7.95. The lowest BCUT2D eigenvalue weighted by atomic mass is 9.63. The number of likely N-dealkylation sites (tertiary alicyclic amines) is 1. The topological polar surface area (TPSA) is 41.6 Å². The fraction of sp³-hybridized carbons (Fsp3) is 0.696. The van der Waals surface area contributed by atoms with Crippen molar-refractivity contribution in [3.63, 3.8) is 0 Å². The summed E-state index contributed by atoms with van der Waals surface area (Å²) in [5, 5.41) is 3.24. The average Bonchev–Trinajstić information content (AvgIpc) is 2.65. The highest BCUT2D eigenvalue weighted by atomic mass is 35.5. The predicted molar refractivity (Wildman–Crippen MR) is 117 cm³/mol. The molecule has 2 aliphatic rings. The number of piperidine rings is 1. The van der Waals surface area contributed by atoms with Crippen molar-refractivity contribution >= 4 is 18.3 Å². The summed E-state index contributed by atoms with van der Waals surface area (Å²) < 4.78 is 5.81. The maximum atomic E-state index is 13.4. The quantitative estimate of drug-likeness (QED) is 0.692. The van der Waals surface area contributed by atoms with E-state index in [2.05, 4.69) is 36.2 Å². The molecule has 1 saturated carbocycles. The number of hydrogen-bond acceptors (Lipinski definition) is 3. The summed E-state index contributed by atoms with van der Waals surface area (Å²) in [7, 11) is 2.01. The Morgan fingerprint density at radius 2 is 1.86 bits per heavy atom. The zero-order valence-electron chi connectivity index (χ0n) is 17.7. The summed E-state index contributed by atoms with van der Waals surface area (Å²) in [5.41, 5.74) is 0.891. The Morgan fingerprint density at radius 3 is 2.36 bits per heavy atom. The van der Waals surface area contributed by atoms with Crippen LogP contribution in [0.2, 0.25) is 0 Å². The van der Waals surface area contributed by atoms with Crippen molar-refractivity contribution in [2.75, 3.05) is 33.3 Å². The van der Waals surface area contributed by atoms with E-state index >= 15 is 0 Å². The van der Waals surface area contributed by atoms with Crippen LogP contribution in [0.5, 0.6) is 5.75 Å². The molecule has 3 rings (SSSR count). The van der Waals surface area contributed by atoms with Gasteiger partial charge in [-0.2, -0.15) is 0 Å². The number of amides is 1. The minimum atomic E-state index is -0.283. The fourth-order valence-corrected chi connectivity index (χ4v) is 4.37. The van der Waals surface area contributed by atoms with Crippen molar-refractivity contribution in [2.45, 2.75) is 57.8 Å². The third kappa shape index (κ3) is 5.21. The molecule has 0 aromatic heterocycles. The molecule has 1 aliphatic heterocycles. The van der Waals surface area contributed by atoms with E-state index in [1.54, 1.807) is 0 Å². The SMILES string of the molecule is CNCCC1CCN(C(=O)C2(c3ccc(OCC(C)C)cc3)CCC2)CC1.Cl. The molecule has 1 aromatic carbocycles. The Kier molecular flexibility index (Phi) is 8.63. The zero-order valence-corrected chi connectivity index (χ0v) is 18.5. The summed E-state index contributed by atoms with van der Waals surface area (Å²) in [5.74, 6) is 2.54. The van der Waals surface area contributed by atoms with Crippen LogP contribution in [0.3, 0.4) is 0 Å². The van der Waals surface area contributed by atoms with Gasteiger partial charge in [-0.1, -0.05) is 32.4 Å². The lowest BCUT2D eigenvalue weighted by Gasteiger charge is -2.45. The average molecular weight is 409 g/mol. The second kappa shape index (κ2) is 10.5. The van der Waals surface area contributed by atoms with Gasteiger partial charge in [0, 0.05) is 13.1 Å². The van der Waals surface area contributed by atoms with E-state index in [0.717, 1.165) is 70.0 Å². The first kappa shape index (κ1) is 23.0. The maximum absolute atomic E-state index is 13.4. The van der Waals surface area contributed by atoms with Gasteiger partial charge in [-0.05, 0) is 75.2 Å². The van der Waals surface area contributed by atoms with Gasteiger partial charge in [-0.15, -0.1) is 12.4 Å². The Morgan fingerprint density at radius 1 is 1.21 bits per heavy atom. The first-order valence-electron chi connectivity index (χ1n) is 10.7. The smallest absolute Gasteiger partial charge is 0.233 e. The molecule has 1 saturated heterocycles. The molecule has 5 heteroatoms. The van der Waals surface area contributed by atoms with E-state index in [1.165, 1.54) is 12.0 Å². The van der Waals surface area contributed by atoms with E-state index in [9.17, 15) is 4.79 Å². The van der Waals surface area contributed by atoms with Crippen molar-refractivity contribution in [1.82, 2.24) is 10.2 Å². The molecular formula is C23H37ClN2O2. The molecule has 1 amide bonds. The molecule has 1 aromatic rings. The number of rotatable bonds is 8. The van der Waals surface area contributed by atoms with Gasteiger partial charge < -0.3 is 15.0 Å². The van der Waals surface area contributed by atoms with Crippen LogP contribution in [0.25, 0.3) is 0 Å². The monoisotopic (exact) mass is 408 g/mol. The van der Waals surface area contributed by atoms with Gasteiger partial charge in [-0.3, -0.25) is 4.79 Å². The van der Waals surface area contributed by atoms with Gasteiger partial charge in [0.15, 0.2) is 0 Å². The number of carbonyl (C=O) groups is 1. The Hall–Kier alpha value is -1.26. The van der Waals surface area contributed by atoms with Crippen molar-refractivity contribution < 1.29 is 9.53 Å². The third-order valence-electron chi connectivity index (χ3n) is 6.31. The Labute approximate surface area is 176 Å². The van der Waals surface area contributed by atoms with E-state index < -0.39 is 0 Å². The Balaban J connectivity index is 0.00000280. The molecule has 0 bridgehead atoms. The molecule has 158 valence electrons. The van der Waals surface area contributed by atoms with E-state index in [4.69, 9.17) is 4.74 Å². The lowest BCUT2D eigenvalue weighted by Crippen LogP contribution is -2.53. The van der Waals surface area contributed by atoms with Crippen molar-refractivity contribution in [3.05, 3.63) is 29.8 Å². The van der Waals surface area contributed by atoms with Crippen LogP contribution in [0.1, 0.15) is 57.9 Å².